The molecule has 0 radical (unpaired) electrons. The zero-order valence-corrected chi connectivity index (χ0v) is 12.8. The number of benzene rings is 1. The van der Waals surface area contributed by atoms with Crippen LogP contribution in [0.5, 0.6) is 0 Å². The van der Waals surface area contributed by atoms with Crippen LogP contribution in [0.4, 0.5) is 18.9 Å². The molecule has 0 saturated carbocycles. The minimum absolute atomic E-state index is 0.255. The number of carbonyl (C=O) groups is 1. The van der Waals surface area contributed by atoms with Crippen molar-refractivity contribution in [1.29, 1.82) is 0 Å². The number of nitrogens with zero attached hydrogens (tertiary/aromatic N) is 1. The smallest absolute Gasteiger partial charge is 0.432 e. The number of halogens is 3. The van der Waals surface area contributed by atoms with Crippen molar-refractivity contribution in [3.63, 3.8) is 0 Å². The fraction of sp³-hybridized carbons (Fsp3) is 0.533. The van der Waals surface area contributed by atoms with Gasteiger partial charge in [-0.05, 0) is 32.9 Å². The quantitative estimate of drug-likeness (QED) is 0.819. The van der Waals surface area contributed by atoms with Gasteiger partial charge >= 0.3 is 12.1 Å². The van der Waals surface area contributed by atoms with Gasteiger partial charge in [0.15, 0.2) is 0 Å². The van der Waals surface area contributed by atoms with Crippen LogP contribution in [0.25, 0.3) is 0 Å². The largest absolute Gasteiger partial charge is 0.463 e. The average molecular weight is 319 g/mol. The molecule has 1 N–H and O–H groups in total. The summed E-state index contributed by atoms with van der Waals surface area (Å²) < 4.78 is 44.0. The van der Waals surface area contributed by atoms with Gasteiger partial charge in [-0.2, -0.15) is 13.2 Å². The Morgan fingerprint density at radius 1 is 1.14 bits per heavy atom. The minimum atomic E-state index is -5.17. The highest BCUT2D eigenvalue weighted by atomic mass is 19.4. The van der Waals surface area contributed by atoms with E-state index in [-0.39, 0.29) is 6.61 Å². The Kier molecular flexibility index (Phi) is 5.82. The van der Waals surface area contributed by atoms with Gasteiger partial charge in [-0.25, -0.2) is 4.79 Å². The number of rotatable bonds is 6. The third kappa shape index (κ3) is 3.35. The number of hydrogen-bond donors (Lipinski definition) is 1. The summed E-state index contributed by atoms with van der Waals surface area (Å²) in [5.41, 5.74) is -3.51. The van der Waals surface area contributed by atoms with Gasteiger partial charge in [0.2, 0.25) is 0 Å². The Bertz CT molecular complexity index is 498. The molecule has 0 aromatic heterocycles. The second-order valence-corrected chi connectivity index (χ2v) is 4.65. The van der Waals surface area contributed by atoms with E-state index in [0.717, 1.165) is 12.1 Å². The molecule has 4 nitrogen and oxygen atoms in total. The first-order valence-electron chi connectivity index (χ1n) is 7.04. The van der Waals surface area contributed by atoms with Crippen LogP contribution >= 0.6 is 0 Å². The van der Waals surface area contributed by atoms with Crippen LogP contribution in [-0.2, 0) is 15.1 Å². The monoisotopic (exact) mass is 319 g/mol. The topological polar surface area (TPSA) is 49.8 Å². The molecule has 1 rings (SSSR count). The van der Waals surface area contributed by atoms with Gasteiger partial charge in [0.05, 0.1) is 6.61 Å². The third-order valence-corrected chi connectivity index (χ3v) is 3.39. The number of hydrogen-bond acceptors (Lipinski definition) is 4. The van der Waals surface area contributed by atoms with E-state index in [0.29, 0.717) is 18.8 Å². The minimum Gasteiger partial charge on any atom is -0.463 e. The first kappa shape index (κ1) is 18.3. The van der Waals surface area contributed by atoms with E-state index in [9.17, 15) is 23.1 Å². The van der Waals surface area contributed by atoms with Crippen LogP contribution < -0.4 is 4.90 Å². The van der Waals surface area contributed by atoms with Gasteiger partial charge in [0.25, 0.3) is 5.60 Å². The number of alkyl halides is 3. The van der Waals surface area contributed by atoms with Gasteiger partial charge < -0.3 is 14.7 Å². The maximum atomic E-state index is 13.2. The highest BCUT2D eigenvalue weighted by molar-refractivity contribution is 5.82. The van der Waals surface area contributed by atoms with E-state index in [1.54, 1.807) is 0 Å². The van der Waals surface area contributed by atoms with Crippen molar-refractivity contribution < 1.29 is 27.8 Å². The van der Waals surface area contributed by atoms with Crippen LogP contribution in [0.3, 0.4) is 0 Å². The molecular weight excluding hydrogens is 299 g/mol. The first-order chi connectivity index (χ1) is 10.2. The summed E-state index contributed by atoms with van der Waals surface area (Å²) in [6, 6.07) is 5.08. The van der Waals surface area contributed by atoms with Crippen molar-refractivity contribution in [2.45, 2.75) is 32.5 Å². The third-order valence-electron chi connectivity index (χ3n) is 3.39. The Morgan fingerprint density at radius 2 is 1.64 bits per heavy atom. The van der Waals surface area contributed by atoms with Gasteiger partial charge in [-0.15, -0.1) is 0 Å². The summed E-state index contributed by atoms with van der Waals surface area (Å²) in [6.45, 7) is 6.34. The number of aliphatic hydroxyl groups is 1. The Hall–Kier alpha value is -1.76. The van der Waals surface area contributed by atoms with Crippen molar-refractivity contribution in [3.8, 4) is 0 Å². The Morgan fingerprint density at radius 3 is 2.00 bits per heavy atom. The number of esters is 1. The molecular formula is C15H20F3NO3. The lowest BCUT2D eigenvalue weighted by Crippen LogP contribution is -2.50. The molecule has 0 unspecified atom stereocenters. The molecule has 0 amide bonds. The SMILES string of the molecule is CCOC(=O)[C@](O)(c1ccc(N(CC)CC)cc1)C(F)(F)F. The van der Waals surface area contributed by atoms with Gasteiger partial charge in [0, 0.05) is 24.3 Å². The summed E-state index contributed by atoms with van der Waals surface area (Å²) in [5, 5.41) is 9.95. The lowest BCUT2D eigenvalue weighted by Gasteiger charge is -2.29. The summed E-state index contributed by atoms with van der Waals surface area (Å²) in [5.74, 6) is -1.72. The van der Waals surface area contributed by atoms with E-state index in [1.807, 2.05) is 18.7 Å². The molecule has 0 aliphatic rings. The molecule has 1 aromatic carbocycles. The molecule has 7 heteroatoms. The molecule has 0 bridgehead atoms. The molecule has 0 fully saturated rings. The summed E-state index contributed by atoms with van der Waals surface area (Å²) >= 11 is 0. The lowest BCUT2D eigenvalue weighted by molar-refractivity contribution is -0.267. The molecule has 124 valence electrons. The zero-order valence-electron chi connectivity index (χ0n) is 12.8. The predicted molar refractivity (Wildman–Crippen MR) is 76.6 cm³/mol. The summed E-state index contributed by atoms with van der Waals surface area (Å²) in [4.78, 5) is 13.6. The van der Waals surface area contributed by atoms with Crippen molar-refractivity contribution in [1.82, 2.24) is 0 Å². The standard InChI is InChI=1S/C15H20F3NO3/c1-4-19(5-2)12-9-7-11(8-10-12)14(21,15(16,17)18)13(20)22-6-3/h7-10,21H,4-6H2,1-3H3/t14-/m1/s1. The van der Waals surface area contributed by atoms with Crippen LogP contribution in [-0.4, -0.2) is 36.9 Å². The van der Waals surface area contributed by atoms with E-state index in [2.05, 4.69) is 4.74 Å². The van der Waals surface area contributed by atoms with Crippen molar-refractivity contribution >= 4 is 11.7 Å². The van der Waals surface area contributed by atoms with Crippen molar-refractivity contribution in [3.05, 3.63) is 29.8 Å². The van der Waals surface area contributed by atoms with Gasteiger partial charge in [-0.3, -0.25) is 0 Å². The van der Waals surface area contributed by atoms with Crippen LogP contribution in [0, 0.1) is 0 Å². The highest BCUT2D eigenvalue weighted by Crippen LogP contribution is 2.40. The predicted octanol–water partition coefficient (Wildman–Crippen LogP) is 2.85. The van der Waals surface area contributed by atoms with Gasteiger partial charge in [0.1, 0.15) is 0 Å². The second kappa shape index (κ2) is 7.00. The lowest BCUT2D eigenvalue weighted by atomic mass is 9.93. The molecule has 0 heterocycles. The van der Waals surface area contributed by atoms with Gasteiger partial charge in [-0.1, -0.05) is 12.1 Å². The molecule has 1 atom stereocenters. The number of carbonyl (C=O) groups excluding carboxylic acids is 1. The zero-order chi connectivity index (χ0) is 17.0. The average Bonchev–Trinajstić information content (AvgIpc) is 2.47. The maximum Gasteiger partial charge on any atom is 0.432 e. The first-order valence-corrected chi connectivity index (χ1v) is 7.04. The van der Waals surface area contributed by atoms with Crippen LogP contribution in [0.15, 0.2) is 24.3 Å². The molecule has 22 heavy (non-hydrogen) atoms. The number of anilines is 1. The molecule has 1 aromatic rings. The second-order valence-electron chi connectivity index (χ2n) is 4.65. The fourth-order valence-corrected chi connectivity index (χ4v) is 2.13. The van der Waals surface area contributed by atoms with E-state index in [1.165, 1.54) is 19.1 Å². The molecule has 0 spiro atoms. The summed E-state index contributed by atoms with van der Waals surface area (Å²) in [7, 11) is 0. The molecule has 0 aliphatic heterocycles. The fourth-order valence-electron chi connectivity index (χ4n) is 2.13. The highest BCUT2D eigenvalue weighted by Gasteiger charge is 2.62. The van der Waals surface area contributed by atoms with Crippen molar-refractivity contribution in [2.75, 3.05) is 24.6 Å². The van der Waals surface area contributed by atoms with Crippen LogP contribution in [0.1, 0.15) is 26.3 Å². The Balaban J connectivity index is 3.25. The van der Waals surface area contributed by atoms with E-state index in [4.69, 9.17) is 0 Å². The number of ether oxygens (including phenoxy) is 1. The normalized spacial score (nSPS) is 14.3. The Labute approximate surface area is 127 Å². The molecule has 0 saturated heterocycles. The molecule has 0 aliphatic carbocycles. The maximum absolute atomic E-state index is 13.2. The van der Waals surface area contributed by atoms with E-state index < -0.39 is 23.3 Å². The van der Waals surface area contributed by atoms with E-state index >= 15 is 0 Å². The van der Waals surface area contributed by atoms with Crippen LogP contribution in [0.2, 0.25) is 0 Å². The van der Waals surface area contributed by atoms with Crippen molar-refractivity contribution in [2.24, 2.45) is 0 Å². The summed E-state index contributed by atoms with van der Waals surface area (Å²) in [6.07, 6.45) is -5.17.